The molecule has 1 spiro atoms. The Hall–Kier alpha value is -3.26. The van der Waals surface area contributed by atoms with Crippen LogP contribution < -0.4 is 15.0 Å². The molecule has 3 aromatic rings. The van der Waals surface area contributed by atoms with Crippen molar-refractivity contribution < 1.29 is 19.4 Å². The third-order valence-electron chi connectivity index (χ3n) is 10.3. The van der Waals surface area contributed by atoms with E-state index in [9.17, 15) is 14.7 Å². The summed E-state index contributed by atoms with van der Waals surface area (Å²) >= 11 is 13.1. The Balaban J connectivity index is 1.56. The minimum atomic E-state index is -1.05. The number of rotatable bonds is 7. The second kappa shape index (κ2) is 10.7. The lowest BCUT2D eigenvalue weighted by molar-refractivity contribution is -0.119. The van der Waals surface area contributed by atoms with Gasteiger partial charge in [-0.3, -0.25) is 14.6 Å². The van der Waals surface area contributed by atoms with Gasteiger partial charge in [0.2, 0.25) is 5.91 Å². The van der Waals surface area contributed by atoms with Crippen LogP contribution in [0.2, 0.25) is 10.0 Å². The number of carbonyl (C=O) groups excluding carboxylic acids is 1. The molecule has 0 bridgehead atoms. The Morgan fingerprint density at radius 2 is 1.86 bits per heavy atom. The van der Waals surface area contributed by atoms with Crippen LogP contribution in [0, 0.1) is 11.3 Å². The topological polar surface area (TPSA) is 82.1 Å². The summed E-state index contributed by atoms with van der Waals surface area (Å²) in [6.45, 7) is 10.1. The normalized spacial score (nSPS) is 24.9. The van der Waals surface area contributed by atoms with Crippen LogP contribution >= 0.6 is 23.2 Å². The fourth-order valence-corrected chi connectivity index (χ4v) is 7.83. The molecule has 2 N–H and O–H groups in total. The zero-order valence-corrected chi connectivity index (χ0v) is 26.5. The standard InChI is InChI=1S/C34H37Cl2N3O4/c1-19(2)33(3,4)16-28-34(17-37-25-15-23(36)10-11-24(25)34)29(20-7-6-8-22(35)13-20)30-31(40)38(18-39(28)30)26-12-9-21(32(41)42)14-27(26)43-5/h6-15,19,28-30,37H,16-18H2,1-5H3,(H,41,42)/t28-,29-,30+,34-/m0/s1. The highest BCUT2D eigenvalue weighted by Crippen LogP contribution is 2.61. The van der Waals surface area contributed by atoms with E-state index in [0.717, 1.165) is 17.7 Å². The molecule has 2 saturated heterocycles. The molecule has 2 fully saturated rings. The summed E-state index contributed by atoms with van der Waals surface area (Å²) in [7, 11) is 1.50. The molecule has 3 aromatic carbocycles. The number of aromatic carboxylic acids is 1. The molecular weight excluding hydrogens is 585 g/mol. The number of methoxy groups -OCH3 is 1. The van der Waals surface area contributed by atoms with Gasteiger partial charge in [-0.15, -0.1) is 0 Å². The Bertz CT molecular complexity index is 1610. The summed E-state index contributed by atoms with van der Waals surface area (Å²) in [6.07, 6.45) is 0.859. The largest absolute Gasteiger partial charge is 0.495 e. The number of carboxylic acid groups (broad SMARTS) is 1. The number of hydrogen-bond acceptors (Lipinski definition) is 5. The van der Waals surface area contributed by atoms with Gasteiger partial charge in [-0.2, -0.15) is 0 Å². The predicted octanol–water partition coefficient (Wildman–Crippen LogP) is 7.28. The summed E-state index contributed by atoms with van der Waals surface area (Å²) in [5.41, 5.74) is 3.39. The number of ether oxygens (including phenoxy) is 1. The van der Waals surface area contributed by atoms with Crippen LogP contribution in [-0.4, -0.2) is 54.3 Å². The maximum atomic E-state index is 14.7. The smallest absolute Gasteiger partial charge is 0.335 e. The van der Waals surface area contributed by atoms with Gasteiger partial charge in [-0.1, -0.05) is 69.1 Å². The molecule has 7 nitrogen and oxygen atoms in total. The Kier molecular flexibility index (Phi) is 7.43. The van der Waals surface area contributed by atoms with Gasteiger partial charge in [0.1, 0.15) is 5.75 Å². The number of halogens is 2. The van der Waals surface area contributed by atoms with Crippen molar-refractivity contribution in [2.75, 3.05) is 30.5 Å². The lowest BCUT2D eigenvalue weighted by Crippen LogP contribution is -2.50. The molecule has 1 amide bonds. The van der Waals surface area contributed by atoms with E-state index in [2.05, 4.69) is 50.0 Å². The molecule has 3 heterocycles. The number of anilines is 2. The first-order chi connectivity index (χ1) is 20.4. The number of carboxylic acids is 1. The molecule has 0 aliphatic carbocycles. The second-order valence-electron chi connectivity index (χ2n) is 13.0. The second-order valence-corrected chi connectivity index (χ2v) is 13.9. The Labute approximate surface area is 262 Å². The van der Waals surface area contributed by atoms with E-state index in [1.165, 1.54) is 24.8 Å². The van der Waals surface area contributed by atoms with Gasteiger partial charge in [-0.25, -0.2) is 4.79 Å². The molecule has 226 valence electrons. The van der Waals surface area contributed by atoms with Crippen LogP contribution in [0.15, 0.2) is 60.7 Å². The van der Waals surface area contributed by atoms with Gasteiger partial charge >= 0.3 is 5.97 Å². The molecule has 0 aromatic heterocycles. The number of benzene rings is 3. The summed E-state index contributed by atoms with van der Waals surface area (Å²) in [4.78, 5) is 30.5. The van der Waals surface area contributed by atoms with Crippen molar-refractivity contribution in [3.8, 4) is 5.75 Å². The van der Waals surface area contributed by atoms with Crippen molar-refractivity contribution in [1.29, 1.82) is 0 Å². The minimum Gasteiger partial charge on any atom is -0.495 e. The van der Waals surface area contributed by atoms with Crippen LogP contribution in [0.1, 0.15) is 61.5 Å². The molecule has 0 unspecified atom stereocenters. The van der Waals surface area contributed by atoms with Gasteiger partial charge in [-0.05, 0) is 71.3 Å². The molecule has 43 heavy (non-hydrogen) atoms. The van der Waals surface area contributed by atoms with Crippen molar-refractivity contribution in [2.24, 2.45) is 11.3 Å². The molecule has 0 saturated carbocycles. The van der Waals surface area contributed by atoms with Gasteiger partial charge in [0.15, 0.2) is 0 Å². The van der Waals surface area contributed by atoms with Crippen LogP contribution in [0.5, 0.6) is 5.75 Å². The van der Waals surface area contributed by atoms with E-state index in [0.29, 0.717) is 40.6 Å². The van der Waals surface area contributed by atoms with E-state index < -0.39 is 17.4 Å². The first-order valence-corrected chi connectivity index (χ1v) is 15.4. The Morgan fingerprint density at radius 1 is 1.12 bits per heavy atom. The highest BCUT2D eigenvalue weighted by Gasteiger charge is 2.67. The highest BCUT2D eigenvalue weighted by atomic mass is 35.5. The zero-order valence-electron chi connectivity index (χ0n) is 25.0. The van der Waals surface area contributed by atoms with E-state index in [-0.39, 0.29) is 28.8 Å². The highest BCUT2D eigenvalue weighted by molar-refractivity contribution is 6.31. The first-order valence-electron chi connectivity index (χ1n) is 14.7. The SMILES string of the molecule is COc1cc(C(=O)O)ccc1N1CN2[C@@H](CC(C)(C)C(C)C)[C@@]3(CNc4cc(Cl)ccc43)[C@@H](c3cccc(Cl)c3)[C@@H]2C1=O. The lowest BCUT2D eigenvalue weighted by Gasteiger charge is -2.44. The quantitative estimate of drug-likeness (QED) is 0.288. The summed E-state index contributed by atoms with van der Waals surface area (Å²) in [5, 5.41) is 14.5. The molecule has 3 aliphatic rings. The van der Waals surface area contributed by atoms with E-state index in [1.54, 1.807) is 11.0 Å². The van der Waals surface area contributed by atoms with E-state index in [4.69, 9.17) is 27.9 Å². The summed E-state index contributed by atoms with van der Waals surface area (Å²) in [6, 6.07) is 18.1. The van der Waals surface area contributed by atoms with E-state index in [1.807, 2.05) is 30.3 Å². The van der Waals surface area contributed by atoms with Crippen LogP contribution in [-0.2, 0) is 10.2 Å². The average molecular weight is 623 g/mol. The lowest BCUT2D eigenvalue weighted by atomic mass is 9.61. The number of nitrogens with one attached hydrogen (secondary N) is 1. The van der Waals surface area contributed by atoms with Gasteiger partial charge < -0.3 is 15.2 Å². The van der Waals surface area contributed by atoms with Crippen LogP contribution in [0.25, 0.3) is 0 Å². The van der Waals surface area contributed by atoms with Gasteiger partial charge in [0, 0.05) is 39.7 Å². The molecule has 6 rings (SSSR count). The molecular formula is C34H37Cl2N3O4. The number of hydrogen-bond donors (Lipinski definition) is 2. The monoisotopic (exact) mass is 621 g/mol. The van der Waals surface area contributed by atoms with Crippen molar-refractivity contribution in [3.63, 3.8) is 0 Å². The van der Waals surface area contributed by atoms with Crippen molar-refractivity contribution in [3.05, 3.63) is 87.4 Å². The number of fused-ring (bicyclic) bond motifs is 3. The number of amides is 1. The summed E-state index contributed by atoms with van der Waals surface area (Å²) < 4.78 is 5.62. The zero-order chi connectivity index (χ0) is 30.8. The summed E-state index contributed by atoms with van der Waals surface area (Å²) in [5.74, 6) is -0.547. The average Bonchev–Trinajstić information content (AvgIpc) is 3.58. The molecule has 0 radical (unpaired) electrons. The molecule has 4 atom stereocenters. The predicted molar refractivity (Wildman–Crippen MR) is 171 cm³/mol. The van der Waals surface area contributed by atoms with Gasteiger partial charge in [0.05, 0.1) is 31.1 Å². The third kappa shape index (κ3) is 4.68. The fraction of sp³-hybridized carbons (Fsp3) is 0.412. The van der Waals surface area contributed by atoms with Crippen molar-refractivity contribution in [2.45, 2.75) is 57.5 Å². The van der Waals surface area contributed by atoms with Crippen LogP contribution in [0.4, 0.5) is 11.4 Å². The number of nitrogens with zero attached hydrogens (tertiary/aromatic N) is 2. The molecule has 9 heteroatoms. The van der Waals surface area contributed by atoms with Crippen molar-refractivity contribution in [1.82, 2.24) is 4.90 Å². The third-order valence-corrected chi connectivity index (χ3v) is 10.8. The fourth-order valence-electron chi connectivity index (χ4n) is 7.46. The first kappa shape index (κ1) is 29.8. The maximum absolute atomic E-state index is 14.7. The van der Waals surface area contributed by atoms with Gasteiger partial charge in [0.25, 0.3) is 0 Å². The van der Waals surface area contributed by atoms with Crippen LogP contribution in [0.3, 0.4) is 0 Å². The minimum absolute atomic E-state index is 0.00737. The number of carbonyl (C=O) groups is 2. The molecule has 3 aliphatic heterocycles. The van der Waals surface area contributed by atoms with Crippen molar-refractivity contribution >= 4 is 46.5 Å². The van der Waals surface area contributed by atoms with E-state index >= 15 is 0 Å². The Morgan fingerprint density at radius 3 is 2.53 bits per heavy atom. The maximum Gasteiger partial charge on any atom is 0.335 e.